The summed E-state index contributed by atoms with van der Waals surface area (Å²) in [5.74, 6) is -0.979. The number of carbonyl (C=O) groups is 1. The summed E-state index contributed by atoms with van der Waals surface area (Å²) in [6.45, 7) is 0. The van der Waals surface area contributed by atoms with Gasteiger partial charge in [-0.1, -0.05) is 0 Å². The zero-order chi connectivity index (χ0) is 16.0. The van der Waals surface area contributed by atoms with Gasteiger partial charge in [-0.15, -0.1) is 0 Å². The standard InChI is InChI=1S/C12H7F6NO2/c1-21-10(20)9-4-6-7(12(16,17)18)2-5(11(13,14)15)3-8(6)19-9/h2-4,19H,1H3. The van der Waals surface area contributed by atoms with Gasteiger partial charge in [0.15, 0.2) is 0 Å². The molecule has 3 nitrogen and oxygen atoms in total. The van der Waals surface area contributed by atoms with Crippen molar-refractivity contribution >= 4 is 16.9 Å². The Morgan fingerprint density at radius 1 is 1.05 bits per heavy atom. The zero-order valence-electron chi connectivity index (χ0n) is 10.3. The molecule has 0 spiro atoms. The number of carbonyl (C=O) groups excluding carboxylic acids is 1. The second kappa shape index (κ2) is 4.68. The van der Waals surface area contributed by atoms with Crippen molar-refractivity contribution in [2.24, 2.45) is 0 Å². The molecule has 9 heteroatoms. The number of halogens is 6. The number of methoxy groups -OCH3 is 1. The first-order chi connectivity index (χ1) is 9.54. The van der Waals surface area contributed by atoms with Crippen LogP contribution in [-0.2, 0) is 17.1 Å². The van der Waals surface area contributed by atoms with Crippen LogP contribution >= 0.6 is 0 Å². The molecule has 1 heterocycles. The van der Waals surface area contributed by atoms with E-state index in [4.69, 9.17) is 0 Å². The fraction of sp³-hybridized carbons (Fsp3) is 0.250. The number of nitrogens with one attached hydrogen (secondary N) is 1. The van der Waals surface area contributed by atoms with Crippen molar-refractivity contribution in [3.05, 3.63) is 35.0 Å². The van der Waals surface area contributed by atoms with Gasteiger partial charge >= 0.3 is 18.3 Å². The Balaban J connectivity index is 2.78. The molecule has 0 amide bonds. The van der Waals surface area contributed by atoms with Crippen LogP contribution in [0.15, 0.2) is 18.2 Å². The van der Waals surface area contributed by atoms with Gasteiger partial charge in [-0.3, -0.25) is 0 Å². The van der Waals surface area contributed by atoms with Crippen molar-refractivity contribution in [1.82, 2.24) is 4.98 Å². The Kier molecular flexibility index (Phi) is 3.38. The molecule has 0 aliphatic rings. The highest BCUT2D eigenvalue weighted by atomic mass is 19.4. The predicted octanol–water partition coefficient (Wildman–Crippen LogP) is 3.99. The van der Waals surface area contributed by atoms with Gasteiger partial charge in [-0.2, -0.15) is 26.3 Å². The molecule has 0 fully saturated rings. The van der Waals surface area contributed by atoms with Crippen LogP contribution in [0.1, 0.15) is 21.6 Å². The molecule has 0 bridgehead atoms. The summed E-state index contributed by atoms with van der Waals surface area (Å²) in [4.78, 5) is 13.5. The molecule has 1 N–H and O–H groups in total. The van der Waals surface area contributed by atoms with E-state index in [1.54, 1.807) is 0 Å². The summed E-state index contributed by atoms with van der Waals surface area (Å²) < 4.78 is 80.9. The maximum Gasteiger partial charge on any atom is 0.417 e. The lowest BCUT2D eigenvalue weighted by Gasteiger charge is -2.12. The maximum absolute atomic E-state index is 12.9. The number of benzene rings is 1. The minimum Gasteiger partial charge on any atom is -0.464 e. The van der Waals surface area contributed by atoms with Gasteiger partial charge < -0.3 is 9.72 Å². The Morgan fingerprint density at radius 2 is 1.67 bits per heavy atom. The highest BCUT2D eigenvalue weighted by Crippen LogP contribution is 2.40. The van der Waals surface area contributed by atoms with Crippen LogP contribution in [0.4, 0.5) is 26.3 Å². The predicted molar refractivity (Wildman–Crippen MR) is 59.6 cm³/mol. The van der Waals surface area contributed by atoms with Crippen molar-refractivity contribution in [3.8, 4) is 0 Å². The van der Waals surface area contributed by atoms with Crippen LogP contribution in [0.2, 0.25) is 0 Å². The summed E-state index contributed by atoms with van der Waals surface area (Å²) in [6.07, 6.45) is -9.93. The molecule has 1 aromatic heterocycles. The summed E-state index contributed by atoms with van der Waals surface area (Å²) in [7, 11) is 1.000. The van der Waals surface area contributed by atoms with Gasteiger partial charge in [0.25, 0.3) is 0 Å². The normalized spacial score (nSPS) is 12.7. The summed E-state index contributed by atoms with van der Waals surface area (Å²) in [5, 5.41) is -0.532. The average Bonchev–Trinajstić information content (AvgIpc) is 2.77. The van der Waals surface area contributed by atoms with Crippen LogP contribution < -0.4 is 0 Å². The number of hydrogen-bond acceptors (Lipinski definition) is 2. The van der Waals surface area contributed by atoms with Crippen LogP contribution in [0, 0.1) is 0 Å². The second-order valence-electron chi connectivity index (χ2n) is 4.16. The van der Waals surface area contributed by atoms with E-state index < -0.39 is 40.4 Å². The number of aromatic nitrogens is 1. The van der Waals surface area contributed by atoms with Crippen molar-refractivity contribution in [2.75, 3.05) is 7.11 Å². The van der Waals surface area contributed by atoms with Gasteiger partial charge in [0.2, 0.25) is 0 Å². The number of fused-ring (bicyclic) bond motifs is 1. The van der Waals surface area contributed by atoms with Crippen LogP contribution in [0.3, 0.4) is 0 Å². The second-order valence-corrected chi connectivity index (χ2v) is 4.16. The van der Waals surface area contributed by atoms with E-state index in [1.165, 1.54) is 0 Å². The van der Waals surface area contributed by atoms with Gasteiger partial charge in [-0.05, 0) is 18.2 Å². The van der Waals surface area contributed by atoms with Crippen LogP contribution in [0.5, 0.6) is 0 Å². The van der Waals surface area contributed by atoms with Crippen molar-refractivity contribution in [3.63, 3.8) is 0 Å². The van der Waals surface area contributed by atoms with Gasteiger partial charge in [-0.25, -0.2) is 4.79 Å². The van der Waals surface area contributed by atoms with E-state index in [0.29, 0.717) is 6.07 Å². The quantitative estimate of drug-likeness (QED) is 0.639. The molecule has 0 aliphatic carbocycles. The first kappa shape index (κ1) is 15.2. The van der Waals surface area contributed by atoms with E-state index >= 15 is 0 Å². The minimum absolute atomic E-state index is 0.0111. The molecule has 0 aliphatic heterocycles. The number of hydrogen-bond donors (Lipinski definition) is 1. The Bertz CT molecular complexity index is 698. The molecule has 21 heavy (non-hydrogen) atoms. The molecule has 0 atom stereocenters. The molecule has 0 saturated carbocycles. The molecule has 114 valence electrons. The highest BCUT2D eigenvalue weighted by Gasteiger charge is 2.38. The lowest BCUT2D eigenvalue weighted by atomic mass is 10.0. The van der Waals surface area contributed by atoms with Crippen molar-refractivity contribution in [2.45, 2.75) is 12.4 Å². The number of rotatable bonds is 1. The zero-order valence-corrected chi connectivity index (χ0v) is 10.3. The Hall–Kier alpha value is -2.19. The highest BCUT2D eigenvalue weighted by molar-refractivity contribution is 5.96. The Morgan fingerprint density at radius 3 is 2.14 bits per heavy atom. The number of ether oxygens (including phenoxy) is 1. The molecule has 0 unspecified atom stereocenters. The fourth-order valence-electron chi connectivity index (χ4n) is 1.86. The van der Waals surface area contributed by atoms with Gasteiger partial charge in [0, 0.05) is 10.9 Å². The van der Waals surface area contributed by atoms with E-state index in [9.17, 15) is 31.1 Å². The number of aromatic amines is 1. The molecule has 1 aromatic carbocycles. The first-order valence-electron chi connectivity index (χ1n) is 5.43. The molecule has 2 aromatic rings. The lowest BCUT2D eigenvalue weighted by molar-refractivity contribution is -0.142. The summed E-state index contributed by atoms with van der Waals surface area (Å²) in [5.41, 5.74) is -3.74. The average molecular weight is 311 g/mol. The summed E-state index contributed by atoms with van der Waals surface area (Å²) >= 11 is 0. The van der Waals surface area contributed by atoms with E-state index in [1.807, 2.05) is 0 Å². The smallest absolute Gasteiger partial charge is 0.417 e. The molecule has 0 saturated heterocycles. The SMILES string of the molecule is COC(=O)c1cc2c(C(F)(F)F)cc(C(F)(F)F)cc2[nH]1. The number of esters is 1. The van der Waals surface area contributed by atoms with E-state index in [-0.39, 0.29) is 11.8 Å². The van der Waals surface area contributed by atoms with E-state index in [0.717, 1.165) is 13.2 Å². The topological polar surface area (TPSA) is 42.1 Å². The third-order valence-corrected chi connectivity index (χ3v) is 2.78. The van der Waals surface area contributed by atoms with Gasteiger partial charge in [0.05, 0.1) is 18.2 Å². The number of H-pyrrole nitrogens is 1. The minimum atomic E-state index is -4.99. The monoisotopic (exact) mass is 311 g/mol. The lowest BCUT2D eigenvalue weighted by Crippen LogP contribution is -2.10. The maximum atomic E-state index is 12.9. The first-order valence-corrected chi connectivity index (χ1v) is 5.43. The fourth-order valence-corrected chi connectivity index (χ4v) is 1.86. The van der Waals surface area contributed by atoms with Crippen molar-refractivity contribution < 1.29 is 35.9 Å². The van der Waals surface area contributed by atoms with E-state index in [2.05, 4.69) is 9.72 Å². The molecular formula is C12H7F6NO2. The van der Waals surface area contributed by atoms with Crippen LogP contribution in [0.25, 0.3) is 10.9 Å². The van der Waals surface area contributed by atoms with Gasteiger partial charge in [0.1, 0.15) is 5.69 Å². The van der Waals surface area contributed by atoms with Crippen LogP contribution in [-0.4, -0.2) is 18.1 Å². The molecular weight excluding hydrogens is 304 g/mol. The third kappa shape index (κ3) is 2.81. The summed E-state index contributed by atoms with van der Waals surface area (Å²) in [6, 6.07) is 1.33. The third-order valence-electron chi connectivity index (χ3n) is 2.78. The molecule has 0 radical (unpaired) electrons. The largest absolute Gasteiger partial charge is 0.464 e. The Labute approximate surface area is 113 Å². The molecule has 2 rings (SSSR count). The number of alkyl halides is 6. The van der Waals surface area contributed by atoms with Crippen molar-refractivity contribution in [1.29, 1.82) is 0 Å².